The molecule has 3 N–H and O–H groups in total. The fourth-order valence-corrected chi connectivity index (χ4v) is 1.40. The number of aliphatic hydroxyl groups is 1. The minimum Gasteiger partial charge on any atom is -0.392 e. The van der Waals surface area contributed by atoms with E-state index in [1.54, 1.807) is 6.92 Å². The molecule has 2 atom stereocenters. The van der Waals surface area contributed by atoms with Crippen molar-refractivity contribution in [1.29, 1.82) is 0 Å². The summed E-state index contributed by atoms with van der Waals surface area (Å²) in [6, 6.07) is 8.99. The van der Waals surface area contributed by atoms with Crippen LogP contribution in [0.2, 0.25) is 0 Å². The lowest BCUT2D eigenvalue weighted by molar-refractivity contribution is -0.117. The fourth-order valence-electron chi connectivity index (χ4n) is 1.40. The van der Waals surface area contributed by atoms with E-state index < -0.39 is 6.10 Å². The molecule has 4 heteroatoms. The Morgan fingerprint density at radius 1 is 1.22 bits per heavy atom. The first-order chi connectivity index (χ1) is 8.50. The van der Waals surface area contributed by atoms with Crippen LogP contribution < -0.4 is 10.6 Å². The zero-order valence-corrected chi connectivity index (χ0v) is 11.2. The number of hydrogen-bond donors (Lipinski definition) is 3. The second-order valence-corrected chi connectivity index (χ2v) is 4.80. The van der Waals surface area contributed by atoms with Crippen LogP contribution in [0.4, 0.5) is 5.69 Å². The quantitative estimate of drug-likeness (QED) is 0.719. The largest absolute Gasteiger partial charge is 0.392 e. The Labute approximate surface area is 108 Å². The Morgan fingerprint density at radius 3 is 2.39 bits per heavy atom. The zero-order valence-electron chi connectivity index (χ0n) is 11.2. The number of amides is 1. The number of rotatable bonds is 6. The van der Waals surface area contributed by atoms with Gasteiger partial charge in [0, 0.05) is 12.2 Å². The summed E-state index contributed by atoms with van der Waals surface area (Å²) in [7, 11) is 0. The van der Waals surface area contributed by atoms with Crippen LogP contribution in [-0.2, 0) is 4.79 Å². The van der Waals surface area contributed by atoms with Gasteiger partial charge in [-0.1, -0.05) is 32.0 Å². The third kappa shape index (κ3) is 4.85. The van der Waals surface area contributed by atoms with Crippen molar-refractivity contribution in [3.05, 3.63) is 30.3 Å². The monoisotopic (exact) mass is 250 g/mol. The van der Waals surface area contributed by atoms with Gasteiger partial charge in [0.05, 0.1) is 12.1 Å². The van der Waals surface area contributed by atoms with E-state index in [0.717, 1.165) is 5.69 Å². The van der Waals surface area contributed by atoms with Crippen molar-refractivity contribution in [2.45, 2.75) is 32.9 Å². The zero-order chi connectivity index (χ0) is 13.5. The number of para-hydroxylation sites is 1. The third-order valence-corrected chi connectivity index (χ3v) is 2.84. The molecular formula is C14H22N2O2. The summed E-state index contributed by atoms with van der Waals surface area (Å²) in [6.45, 7) is 6.09. The highest BCUT2D eigenvalue weighted by Crippen LogP contribution is 2.05. The van der Waals surface area contributed by atoms with Crippen LogP contribution in [0.15, 0.2) is 30.3 Å². The van der Waals surface area contributed by atoms with Gasteiger partial charge in [-0.3, -0.25) is 4.79 Å². The predicted molar refractivity (Wildman–Crippen MR) is 73.4 cm³/mol. The fraction of sp³-hybridized carbons (Fsp3) is 0.500. The lowest BCUT2D eigenvalue weighted by atomic mass is 10.1. The van der Waals surface area contributed by atoms with Crippen molar-refractivity contribution in [2.24, 2.45) is 5.92 Å². The van der Waals surface area contributed by atoms with E-state index in [1.165, 1.54) is 0 Å². The average Bonchev–Trinajstić information content (AvgIpc) is 2.36. The molecule has 0 aliphatic heterocycles. The number of benzene rings is 1. The highest BCUT2D eigenvalue weighted by atomic mass is 16.3. The van der Waals surface area contributed by atoms with Crippen molar-refractivity contribution in [1.82, 2.24) is 5.32 Å². The van der Waals surface area contributed by atoms with E-state index in [4.69, 9.17) is 0 Å². The maximum atomic E-state index is 11.8. The summed E-state index contributed by atoms with van der Waals surface area (Å²) in [5, 5.41) is 15.5. The van der Waals surface area contributed by atoms with Gasteiger partial charge in [0.2, 0.25) is 5.91 Å². The summed E-state index contributed by atoms with van der Waals surface area (Å²) in [4.78, 5) is 11.8. The number of aliphatic hydroxyl groups excluding tert-OH is 1. The Morgan fingerprint density at radius 2 is 1.83 bits per heavy atom. The summed E-state index contributed by atoms with van der Waals surface area (Å²) in [5.41, 5.74) is 0.778. The van der Waals surface area contributed by atoms with Crippen molar-refractivity contribution in [2.75, 3.05) is 11.9 Å². The smallest absolute Gasteiger partial charge is 0.241 e. The van der Waals surface area contributed by atoms with E-state index in [2.05, 4.69) is 10.6 Å². The van der Waals surface area contributed by atoms with E-state index in [-0.39, 0.29) is 17.9 Å². The molecule has 1 aromatic carbocycles. The van der Waals surface area contributed by atoms with Gasteiger partial charge in [-0.15, -0.1) is 0 Å². The predicted octanol–water partition coefficient (Wildman–Crippen LogP) is 1.62. The molecule has 0 saturated heterocycles. The molecule has 0 aliphatic rings. The van der Waals surface area contributed by atoms with Gasteiger partial charge in [-0.2, -0.15) is 0 Å². The first kappa shape index (κ1) is 14.7. The summed E-state index contributed by atoms with van der Waals surface area (Å²) in [6.07, 6.45) is -0.433. The van der Waals surface area contributed by atoms with Crippen molar-refractivity contribution >= 4 is 11.6 Å². The SMILES string of the molecule is CC(NCC(O)C(C)C)C(=O)Nc1ccccc1. The van der Waals surface area contributed by atoms with Crippen LogP contribution in [0, 0.1) is 5.92 Å². The van der Waals surface area contributed by atoms with Gasteiger partial charge in [0.1, 0.15) is 0 Å². The second kappa shape index (κ2) is 7.13. The molecule has 0 bridgehead atoms. The van der Waals surface area contributed by atoms with E-state index in [0.29, 0.717) is 6.54 Å². The maximum absolute atomic E-state index is 11.8. The van der Waals surface area contributed by atoms with Gasteiger partial charge in [0.15, 0.2) is 0 Å². The molecule has 0 aliphatic carbocycles. The van der Waals surface area contributed by atoms with Gasteiger partial charge in [-0.25, -0.2) is 0 Å². The molecule has 18 heavy (non-hydrogen) atoms. The lowest BCUT2D eigenvalue weighted by Gasteiger charge is -2.19. The average molecular weight is 250 g/mol. The Kier molecular flexibility index (Phi) is 5.82. The lowest BCUT2D eigenvalue weighted by Crippen LogP contribution is -2.42. The Balaban J connectivity index is 2.38. The molecule has 0 saturated carbocycles. The standard InChI is InChI=1S/C14H22N2O2/c1-10(2)13(17)9-15-11(3)14(18)16-12-7-5-4-6-8-12/h4-8,10-11,13,15,17H,9H2,1-3H3,(H,16,18). The van der Waals surface area contributed by atoms with Gasteiger partial charge in [-0.05, 0) is 25.0 Å². The van der Waals surface area contributed by atoms with E-state index >= 15 is 0 Å². The topological polar surface area (TPSA) is 61.4 Å². The molecule has 100 valence electrons. The number of nitrogens with one attached hydrogen (secondary N) is 2. The molecule has 0 fully saturated rings. The van der Waals surface area contributed by atoms with Crippen LogP contribution in [0.3, 0.4) is 0 Å². The molecular weight excluding hydrogens is 228 g/mol. The minimum atomic E-state index is -0.433. The summed E-state index contributed by atoms with van der Waals surface area (Å²) in [5.74, 6) is 0.0824. The van der Waals surface area contributed by atoms with Gasteiger partial charge in [0.25, 0.3) is 0 Å². The first-order valence-electron chi connectivity index (χ1n) is 6.28. The molecule has 1 rings (SSSR count). The second-order valence-electron chi connectivity index (χ2n) is 4.80. The van der Waals surface area contributed by atoms with Crippen molar-refractivity contribution in [3.63, 3.8) is 0 Å². The molecule has 0 aromatic heterocycles. The normalized spacial score (nSPS) is 14.3. The Hall–Kier alpha value is -1.39. The molecule has 4 nitrogen and oxygen atoms in total. The molecule has 0 spiro atoms. The molecule has 0 radical (unpaired) electrons. The van der Waals surface area contributed by atoms with Crippen LogP contribution in [0.5, 0.6) is 0 Å². The van der Waals surface area contributed by atoms with Crippen LogP contribution in [0.1, 0.15) is 20.8 Å². The van der Waals surface area contributed by atoms with Crippen molar-refractivity contribution < 1.29 is 9.90 Å². The van der Waals surface area contributed by atoms with Crippen LogP contribution >= 0.6 is 0 Å². The van der Waals surface area contributed by atoms with Gasteiger partial charge >= 0.3 is 0 Å². The van der Waals surface area contributed by atoms with E-state index in [9.17, 15) is 9.90 Å². The maximum Gasteiger partial charge on any atom is 0.241 e. The number of carbonyl (C=O) groups is 1. The third-order valence-electron chi connectivity index (χ3n) is 2.84. The number of carbonyl (C=O) groups excluding carboxylic acids is 1. The number of anilines is 1. The Bertz CT molecular complexity index is 365. The van der Waals surface area contributed by atoms with Gasteiger partial charge < -0.3 is 15.7 Å². The van der Waals surface area contributed by atoms with Crippen molar-refractivity contribution in [3.8, 4) is 0 Å². The highest BCUT2D eigenvalue weighted by Gasteiger charge is 2.15. The molecule has 0 heterocycles. The highest BCUT2D eigenvalue weighted by molar-refractivity contribution is 5.94. The van der Waals surface area contributed by atoms with E-state index in [1.807, 2.05) is 44.2 Å². The molecule has 1 aromatic rings. The summed E-state index contributed by atoms with van der Waals surface area (Å²) < 4.78 is 0. The number of hydrogen-bond acceptors (Lipinski definition) is 3. The summed E-state index contributed by atoms with van der Waals surface area (Å²) >= 11 is 0. The van der Waals surface area contributed by atoms with Crippen LogP contribution in [-0.4, -0.2) is 29.7 Å². The van der Waals surface area contributed by atoms with Crippen LogP contribution in [0.25, 0.3) is 0 Å². The minimum absolute atomic E-state index is 0.0999. The molecule has 2 unspecified atom stereocenters. The molecule has 1 amide bonds. The first-order valence-corrected chi connectivity index (χ1v) is 6.28.